The van der Waals surface area contributed by atoms with Crippen molar-refractivity contribution in [2.24, 2.45) is 23.5 Å². The second-order valence-corrected chi connectivity index (χ2v) is 13.0. The first-order valence-corrected chi connectivity index (χ1v) is 15.8. The van der Waals surface area contributed by atoms with Crippen LogP contribution in [-0.4, -0.2) is 86.0 Å². The van der Waals surface area contributed by atoms with Gasteiger partial charge in [0.1, 0.15) is 28.7 Å². The number of rotatable bonds is 8. The van der Waals surface area contributed by atoms with Gasteiger partial charge in [-0.2, -0.15) is 0 Å². The van der Waals surface area contributed by atoms with E-state index in [9.17, 15) is 34.8 Å². The lowest BCUT2D eigenvalue weighted by atomic mass is 9.57. The molecule has 2 fully saturated rings. The number of phenolic OH excluding ortho intramolecular Hbond substituents is 1. The molecule has 5 rings (SSSR count). The SMILES string of the molecule is CCN(Cc1cc(O)c2c(c1F)C[C@H]1CC3[C@H](N(C)CC)C(=O)C(C(N)=O)=C(O)[C@@]3(O)C(=O)C1=C2O)CC1CCCCCC1. The van der Waals surface area contributed by atoms with Crippen LogP contribution in [0.1, 0.15) is 75.5 Å². The highest BCUT2D eigenvalue weighted by Gasteiger charge is 2.64. The number of carbonyl (C=O) groups is 3. The second-order valence-electron chi connectivity index (χ2n) is 13.0. The van der Waals surface area contributed by atoms with E-state index in [1.807, 2.05) is 6.92 Å². The van der Waals surface area contributed by atoms with Crippen molar-refractivity contribution < 1.29 is 39.2 Å². The van der Waals surface area contributed by atoms with Crippen LogP contribution in [0.4, 0.5) is 4.39 Å². The molecule has 0 spiro atoms. The summed E-state index contributed by atoms with van der Waals surface area (Å²) in [6.07, 6.45) is 7.00. The minimum absolute atomic E-state index is 0.0649. The number of hydrogen-bond donors (Lipinski definition) is 5. The number of likely N-dealkylation sites (N-methyl/N-ethyl adjacent to an activating group) is 1. The zero-order valence-corrected chi connectivity index (χ0v) is 25.7. The van der Waals surface area contributed by atoms with E-state index in [2.05, 4.69) is 4.90 Å². The van der Waals surface area contributed by atoms with Gasteiger partial charge < -0.3 is 26.2 Å². The van der Waals surface area contributed by atoms with Gasteiger partial charge in [0.25, 0.3) is 5.91 Å². The smallest absolute Gasteiger partial charge is 0.255 e. The molecule has 44 heavy (non-hydrogen) atoms. The maximum atomic E-state index is 16.3. The molecular formula is C33H44FN3O7. The number of nitrogens with two attached hydrogens (primary N) is 1. The highest BCUT2D eigenvalue weighted by atomic mass is 19.1. The number of aliphatic hydroxyl groups excluding tert-OH is 2. The molecule has 0 heterocycles. The third-order valence-electron chi connectivity index (χ3n) is 10.5. The van der Waals surface area contributed by atoms with E-state index < -0.39 is 69.6 Å². The Morgan fingerprint density at radius 3 is 2.34 bits per heavy atom. The second kappa shape index (κ2) is 12.3. The number of halogens is 1. The molecule has 2 saturated carbocycles. The number of phenols is 1. The summed E-state index contributed by atoms with van der Waals surface area (Å²) in [7, 11) is 1.59. The maximum Gasteiger partial charge on any atom is 0.255 e. The van der Waals surface area contributed by atoms with Crippen LogP contribution < -0.4 is 5.73 Å². The van der Waals surface area contributed by atoms with Crippen molar-refractivity contribution in [2.45, 2.75) is 83.4 Å². The number of carbonyl (C=O) groups excluding carboxylic acids is 3. The topological polar surface area (TPSA) is 165 Å². The molecule has 4 atom stereocenters. The minimum atomic E-state index is -2.72. The molecule has 0 bridgehead atoms. The Balaban J connectivity index is 1.55. The van der Waals surface area contributed by atoms with Gasteiger partial charge in [-0.15, -0.1) is 0 Å². The molecule has 6 N–H and O–H groups in total. The molecule has 1 amide bonds. The van der Waals surface area contributed by atoms with Crippen molar-refractivity contribution in [1.29, 1.82) is 0 Å². The summed E-state index contributed by atoms with van der Waals surface area (Å²) in [5, 5.41) is 45.3. The molecule has 1 aromatic rings. The zero-order valence-electron chi connectivity index (χ0n) is 25.7. The Morgan fingerprint density at radius 1 is 1.09 bits per heavy atom. The van der Waals surface area contributed by atoms with Crippen molar-refractivity contribution >= 4 is 23.2 Å². The lowest BCUT2D eigenvalue weighted by molar-refractivity contribution is -0.154. The number of ketones is 2. The van der Waals surface area contributed by atoms with E-state index in [0.717, 1.165) is 19.4 Å². The number of aliphatic hydroxyl groups is 3. The zero-order chi connectivity index (χ0) is 32.1. The number of amides is 1. The molecule has 10 nitrogen and oxygen atoms in total. The van der Waals surface area contributed by atoms with Crippen LogP contribution in [0.2, 0.25) is 0 Å². The molecular weight excluding hydrogens is 569 g/mol. The van der Waals surface area contributed by atoms with Crippen LogP contribution in [0.5, 0.6) is 5.75 Å². The number of primary amides is 1. The fourth-order valence-corrected chi connectivity index (χ4v) is 8.03. The standard InChI is InChI=1S/C33H44FN3O7/c1-4-36(3)27-21-13-18-12-20-24(28(39)23(18)30(41)33(21,44)31(42)25(29(27)40)32(35)43)22(38)14-19(26(20)34)16-37(5-2)15-17-10-8-6-7-9-11-17/h14,17-18,21,27,38-39,42,44H,4-13,15-16H2,1-3H3,(H2,35,43)/t18-,21?,27-,33-/m0/s1. The quantitative estimate of drug-likeness (QED) is 0.219. The van der Waals surface area contributed by atoms with Gasteiger partial charge in [0.05, 0.1) is 11.6 Å². The normalized spacial score (nSPS) is 27.8. The lowest BCUT2D eigenvalue weighted by Crippen LogP contribution is -2.66. The molecule has 240 valence electrons. The van der Waals surface area contributed by atoms with Gasteiger partial charge in [-0.1, -0.05) is 39.5 Å². The largest absolute Gasteiger partial charge is 0.508 e. The van der Waals surface area contributed by atoms with E-state index in [1.165, 1.54) is 31.7 Å². The van der Waals surface area contributed by atoms with Gasteiger partial charge >= 0.3 is 0 Å². The molecule has 0 aliphatic heterocycles. The van der Waals surface area contributed by atoms with E-state index in [4.69, 9.17) is 5.73 Å². The number of Topliss-reactive ketones (excluding diaryl/α,β-unsaturated/α-hetero) is 2. The van der Waals surface area contributed by atoms with Crippen molar-refractivity contribution in [2.75, 3.05) is 26.7 Å². The van der Waals surface area contributed by atoms with Gasteiger partial charge in [0.15, 0.2) is 11.4 Å². The molecule has 1 unspecified atom stereocenters. The monoisotopic (exact) mass is 613 g/mol. The number of hydrogen-bond acceptors (Lipinski definition) is 9. The first kappa shape index (κ1) is 32.1. The van der Waals surface area contributed by atoms with Crippen molar-refractivity contribution in [3.05, 3.63) is 45.5 Å². The van der Waals surface area contributed by atoms with Crippen LogP contribution in [-0.2, 0) is 27.3 Å². The fraction of sp³-hybridized carbons (Fsp3) is 0.606. The fourth-order valence-electron chi connectivity index (χ4n) is 8.03. The van der Waals surface area contributed by atoms with Crippen LogP contribution in [0.25, 0.3) is 5.76 Å². The molecule has 0 radical (unpaired) electrons. The average Bonchev–Trinajstić information content (AvgIpc) is 3.25. The molecule has 4 aliphatic rings. The summed E-state index contributed by atoms with van der Waals surface area (Å²) in [6, 6.07) is 0.101. The number of fused-ring (bicyclic) bond motifs is 3. The van der Waals surface area contributed by atoms with Crippen molar-refractivity contribution in [3.8, 4) is 5.75 Å². The number of aromatic hydroxyl groups is 1. The Kier molecular flexibility index (Phi) is 8.94. The molecule has 0 saturated heterocycles. The first-order valence-electron chi connectivity index (χ1n) is 15.8. The van der Waals surface area contributed by atoms with Crippen LogP contribution in [0, 0.1) is 23.6 Å². The highest BCUT2D eigenvalue weighted by molar-refractivity contribution is 6.24. The highest BCUT2D eigenvalue weighted by Crippen LogP contribution is 2.53. The van der Waals surface area contributed by atoms with Gasteiger partial charge in [-0.05, 0) is 63.7 Å². The van der Waals surface area contributed by atoms with E-state index in [1.54, 1.807) is 18.9 Å². The van der Waals surface area contributed by atoms with Crippen molar-refractivity contribution in [3.63, 3.8) is 0 Å². The van der Waals surface area contributed by atoms with Gasteiger partial charge in [0, 0.05) is 35.7 Å². The molecule has 11 heteroatoms. The molecule has 4 aliphatic carbocycles. The Labute approximate surface area is 257 Å². The third kappa shape index (κ3) is 5.12. The van der Waals surface area contributed by atoms with E-state index in [-0.39, 0.29) is 41.6 Å². The first-order chi connectivity index (χ1) is 20.9. The van der Waals surface area contributed by atoms with Gasteiger partial charge in [-0.25, -0.2) is 4.39 Å². The summed E-state index contributed by atoms with van der Waals surface area (Å²) in [6.45, 7) is 5.88. The summed E-state index contributed by atoms with van der Waals surface area (Å²) < 4.78 is 16.3. The Morgan fingerprint density at radius 2 is 1.75 bits per heavy atom. The summed E-state index contributed by atoms with van der Waals surface area (Å²) in [4.78, 5) is 43.3. The molecule has 0 aromatic heterocycles. The van der Waals surface area contributed by atoms with Crippen LogP contribution >= 0.6 is 0 Å². The minimum Gasteiger partial charge on any atom is -0.508 e. The van der Waals surface area contributed by atoms with Gasteiger partial charge in [-0.3, -0.25) is 24.2 Å². The summed E-state index contributed by atoms with van der Waals surface area (Å²) in [5.74, 6) is -7.50. The average molecular weight is 614 g/mol. The summed E-state index contributed by atoms with van der Waals surface area (Å²) >= 11 is 0. The Hall–Kier alpha value is -3.28. The Bertz CT molecular complexity index is 1430. The van der Waals surface area contributed by atoms with Crippen molar-refractivity contribution in [1.82, 2.24) is 9.80 Å². The number of nitrogens with zero attached hydrogens (tertiary/aromatic N) is 2. The number of benzene rings is 1. The van der Waals surface area contributed by atoms with E-state index in [0.29, 0.717) is 19.0 Å². The van der Waals surface area contributed by atoms with Crippen LogP contribution in [0.15, 0.2) is 23.0 Å². The maximum absolute atomic E-state index is 16.3. The third-order valence-corrected chi connectivity index (χ3v) is 10.5. The van der Waals surface area contributed by atoms with Crippen LogP contribution in [0.3, 0.4) is 0 Å². The predicted molar refractivity (Wildman–Crippen MR) is 161 cm³/mol. The summed E-state index contributed by atoms with van der Waals surface area (Å²) in [5.41, 5.74) is 1.65. The van der Waals surface area contributed by atoms with Gasteiger partial charge in [0.2, 0.25) is 5.78 Å². The van der Waals surface area contributed by atoms with E-state index >= 15 is 4.39 Å². The predicted octanol–water partition coefficient (Wildman–Crippen LogP) is 3.29. The molecule has 1 aromatic carbocycles. The lowest BCUT2D eigenvalue weighted by Gasteiger charge is -2.50.